The summed E-state index contributed by atoms with van der Waals surface area (Å²) >= 11 is 0. The first-order valence-electron chi connectivity index (χ1n) is 5.98. The van der Waals surface area contributed by atoms with E-state index >= 15 is 0 Å². The molecule has 0 spiro atoms. The molecule has 1 atom stereocenters. The van der Waals surface area contributed by atoms with Crippen LogP contribution in [-0.4, -0.2) is 42.1 Å². The zero-order valence-corrected chi connectivity index (χ0v) is 10.8. The van der Waals surface area contributed by atoms with Crippen molar-refractivity contribution in [2.45, 2.75) is 39.2 Å². The summed E-state index contributed by atoms with van der Waals surface area (Å²) in [5.74, 6) is -1.09. The monoisotopic (exact) mass is 259 g/mol. The molecule has 18 heavy (non-hydrogen) atoms. The minimum absolute atomic E-state index is 0.0679. The van der Waals surface area contributed by atoms with Gasteiger partial charge in [0.15, 0.2) is 0 Å². The van der Waals surface area contributed by atoms with Gasteiger partial charge in [0.05, 0.1) is 6.54 Å². The molecule has 7 heteroatoms. The second-order valence-electron chi connectivity index (χ2n) is 3.97. The molecule has 0 aromatic rings. The number of rotatable bonds is 8. The average Bonchev–Trinajstić information content (AvgIpc) is 2.26. The van der Waals surface area contributed by atoms with Gasteiger partial charge in [-0.25, -0.2) is 4.79 Å². The number of hydrogen-bond acceptors (Lipinski definition) is 3. The molecule has 0 heterocycles. The molecule has 4 N–H and O–H groups in total. The Morgan fingerprint density at radius 2 is 1.89 bits per heavy atom. The molecule has 0 aliphatic heterocycles. The van der Waals surface area contributed by atoms with Crippen molar-refractivity contribution in [3.8, 4) is 0 Å². The average molecular weight is 259 g/mol. The smallest absolute Gasteiger partial charge is 0.315 e. The predicted octanol–water partition coefficient (Wildman–Crippen LogP) is 0.0651. The summed E-state index contributed by atoms with van der Waals surface area (Å²) in [7, 11) is 0. The fourth-order valence-corrected chi connectivity index (χ4v) is 1.33. The number of aliphatic carboxylic acids is 1. The highest BCUT2D eigenvalue weighted by Crippen LogP contribution is 2.00. The summed E-state index contributed by atoms with van der Waals surface area (Å²) in [5.41, 5.74) is 0. The third-order valence-corrected chi connectivity index (χ3v) is 2.19. The van der Waals surface area contributed by atoms with Crippen LogP contribution in [0.4, 0.5) is 4.79 Å². The molecule has 0 aromatic carbocycles. The molecule has 0 aliphatic carbocycles. The molecule has 0 bridgehead atoms. The Morgan fingerprint density at radius 3 is 2.44 bits per heavy atom. The van der Waals surface area contributed by atoms with Gasteiger partial charge in [0.25, 0.3) is 0 Å². The topological polar surface area (TPSA) is 108 Å². The van der Waals surface area contributed by atoms with Gasteiger partial charge in [0, 0.05) is 19.0 Å². The number of nitrogens with one attached hydrogen (secondary N) is 3. The summed E-state index contributed by atoms with van der Waals surface area (Å²) in [6.45, 7) is 4.03. The molecule has 3 amide bonds. The van der Waals surface area contributed by atoms with Crippen molar-refractivity contribution >= 4 is 17.9 Å². The summed E-state index contributed by atoms with van der Waals surface area (Å²) in [5, 5.41) is 16.1. The molecular formula is C11H21N3O4. The van der Waals surface area contributed by atoms with Gasteiger partial charge < -0.3 is 21.1 Å². The van der Waals surface area contributed by atoms with Gasteiger partial charge in [-0.1, -0.05) is 0 Å². The molecule has 0 rings (SSSR count). The first-order valence-corrected chi connectivity index (χ1v) is 5.98. The molecule has 0 aromatic heterocycles. The lowest BCUT2D eigenvalue weighted by atomic mass is 10.1. The van der Waals surface area contributed by atoms with Crippen molar-refractivity contribution in [2.24, 2.45) is 0 Å². The minimum Gasteiger partial charge on any atom is -0.481 e. The van der Waals surface area contributed by atoms with E-state index in [0.717, 1.165) is 0 Å². The van der Waals surface area contributed by atoms with Gasteiger partial charge in [0.1, 0.15) is 0 Å². The number of urea groups is 1. The second-order valence-corrected chi connectivity index (χ2v) is 3.97. The van der Waals surface area contributed by atoms with Crippen molar-refractivity contribution in [1.82, 2.24) is 16.0 Å². The number of carbonyl (C=O) groups excluding carboxylic acids is 2. The van der Waals surface area contributed by atoms with E-state index in [9.17, 15) is 14.4 Å². The molecule has 0 saturated heterocycles. The Morgan fingerprint density at radius 1 is 1.22 bits per heavy atom. The summed E-state index contributed by atoms with van der Waals surface area (Å²) in [6.07, 6.45) is 1.18. The number of carbonyl (C=O) groups is 3. The third kappa shape index (κ3) is 9.44. The second kappa shape index (κ2) is 9.26. The molecule has 0 radical (unpaired) electrons. The fourth-order valence-electron chi connectivity index (χ4n) is 1.33. The summed E-state index contributed by atoms with van der Waals surface area (Å²) in [4.78, 5) is 32.7. The zero-order chi connectivity index (χ0) is 14.0. The Hall–Kier alpha value is -1.79. The molecule has 7 nitrogen and oxygen atoms in total. The first kappa shape index (κ1) is 16.2. The van der Waals surface area contributed by atoms with Crippen molar-refractivity contribution < 1.29 is 19.5 Å². The number of likely N-dealkylation sites (N-methyl/N-ethyl adjacent to an activating group) is 1. The van der Waals surface area contributed by atoms with Crippen LogP contribution in [0, 0.1) is 0 Å². The number of carboxylic acids is 1. The van der Waals surface area contributed by atoms with Gasteiger partial charge in [0.2, 0.25) is 5.91 Å². The van der Waals surface area contributed by atoms with Gasteiger partial charge in [-0.15, -0.1) is 0 Å². The maximum atomic E-state index is 11.3. The van der Waals surface area contributed by atoms with E-state index in [1.165, 1.54) is 0 Å². The van der Waals surface area contributed by atoms with Crippen LogP contribution in [-0.2, 0) is 9.59 Å². The van der Waals surface area contributed by atoms with Crippen LogP contribution < -0.4 is 16.0 Å². The number of hydrogen-bond donors (Lipinski definition) is 4. The Kier molecular flexibility index (Phi) is 8.34. The van der Waals surface area contributed by atoms with Crippen LogP contribution >= 0.6 is 0 Å². The van der Waals surface area contributed by atoms with Crippen molar-refractivity contribution in [2.75, 3.05) is 13.1 Å². The maximum absolute atomic E-state index is 11.3. The lowest BCUT2D eigenvalue weighted by Crippen LogP contribution is -2.44. The Bertz CT molecular complexity index is 294. The highest BCUT2D eigenvalue weighted by molar-refractivity contribution is 5.83. The van der Waals surface area contributed by atoms with Crippen molar-refractivity contribution in [3.63, 3.8) is 0 Å². The number of amides is 3. The van der Waals surface area contributed by atoms with Crippen molar-refractivity contribution in [1.29, 1.82) is 0 Å². The van der Waals surface area contributed by atoms with E-state index in [-0.39, 0.29) is 24.9 Å². The largest absolute Gasteiger partial charge is 0.481 e. The van der Waals surface area contributed by atoms with E-state index in [4.69, 9.17) is 5.11 Å². The van der Waals surface area contributed by atoms with Crippen LogP contribution in [0.25, 0.3) is 0 Å². The van der Waals surface area contributed by atoms with E-state index < -0.39 is 12.0 Å². The minimum atomic E-state index is -0.845. The Balaban J connectivity index is 3.67. The van der Waals surface area contributed by atoms with E-state index in [0.29, 0.717) is 19.4 Å². The van der Waals surface area contributed by atoms with E-state index in [1.54, 1.807) is 13.8 Å². The van der Waals surface area contributed by atoms with Gasteiger partial charge >= 0.3 is 12.0 Å². The van der Waals surface area contributed by atoms with Crippen LogP contribution in [0.5, 0.6) is 0 Å². The predicted molar refractivity (Wildman–Crippen MR) is 66.2 cm³/mol. The summed E-state index contributed by atoms with van der Waals surface area (Å²) in [6, 6.07) is -0.553. The molecule has 0 aliphatic rings. The Labute approximate surface area is 106 Å². The van der Waals surface area contributed by atoms with E-state index in [1.807, 2.05) is 0 Å². The number of carboxylic acid groups (broad SMARTS) is 1. The zero-order valence-electron chi connectivity index (χ0n) is 10.8. The normalized spacial score (nSPS) is 11.4. The van der Waals surface area contributed by atoms with Crippen LogP contribution in [0.3, 0.4) is 0 Å². The SMILES string of the molecule is CCNC(=O)CNC(=O)NC(C)CCCC(=O)O. The molecule has 104 valence electrons. The third-order valence-electron chi connectivity index (χ3n) is 2.19. The highest BCUT2D eigenvalue weighted by Gasteiger charge is 2.08. The molecule has 0 fully saturated rings. The van der Waals surface area contributed by atoms with Crippen LogP contribution in [0.15, 0.2) is 0 Å². The molecular weight excluding hydrogens is 238 g/mol. The molecule has 0 saturated carbocycles. The standard InChI is InChI=1S/C11H21N3O4/c1-3-12-9(15)7-13-11(18)14-8(2)5-4-6-10(16)17/h8H,3-7H2,1-2H3,(H,12,15)(H,16,17)(H2,13,14,18). The van der Waals surface area contributed by atoms with Crippen molar-refractivity contribution in [3.05, 3.63) is 0 Å². The maximum Gasteiger partial charge on any atom is 0.315 e. The first-order chi connectivity index (χ1) is 8.45. The summed E-state index contributed by atoms with van der Waals surface area (Å²) < 4.78 is 0. The van der Waals surface area contributed by atoms with Gasteiger partial charge in [-0.3, -0.25) is 9.59 Å². The van der Waals surface area contributed by atoms with Crippen LogP contribution in [0.2, 0.25) is 0 Å². The molecule has 1 unspecified atom stereocenters. The van der Waals surface area contributed by atoms with Gasteiger partial charge in [-0.2, -0.15) is 0 Å². The highest BCUT2D eigenvalue weighted by atomic mass is 16.4. The quantitative estimate of drug-likeness (QED) is 0.494. The van der Waals surface area contributed by atoms with Gasteiger partial charge in [-0.05, 0) is 26.7 Å². The van der Waals surface area contributed by atoms with E-state index in [2.05, 4.69) is 16.0 Å². The van der Waals surface area contributed by atoms with Crippen LogP contribution in [0.1, 0.15) is 33.1 Å². The lowest BCUT2D eigenvalue weighted by Gasteiger charge is -2.13. The lowest BCUT2D eigenvalue weighted by molar-refractivity contribution is -0.137. The fraction of sp³-hybridized carbons (Fsp3) is 0.727.